The van der Waals surface area contributed by atoms with Gasteiger partial charge in [0.2, 0.25) is 0 Å². The number of phenolic OH excluding ortho intramolecular Hbond substituents is 1. The number of ether oxygens (including phenoxy) is 2. The van der Waals surface area contributed by atoms with Gasteiger partial charge in [0.15, 0.2) is 11.5 Å². The first kappa shape index (κ1) is 18.3. The maximum Gasteiger partial charge on any atom is 0.161 e. The summed E-state index contributed by atoms with van der Waals surface area (Å²) in [6.07, 6.45) is 0.785. The minimum Gasteiger partial charge on any atom is -0.508 e. The number of aromatic hydroxyl groups is 1. The Labute approximate surface area is 158 Å². The Bertz CT molecular complexity index is 889. The van der Waals surface area contributed by atoms with Crippen LogP contribution >= 0.6 is 11.3 Å². The van der Waals surface area contributed by atoms with Crippen molar-refractivity contribution in [1.82, 2.24) is 4.98 Å². The summed E-state index contributed by atoms with van der Waals surface area (Å²) < 4.78 is 11.3. The van der Waals surface area contributed by atoms with Crippen molar-refractivity contribution in [1.29, 1.82) is 0 Å². The fourth-order valence-corrected chi connectivity index (χ4v) is 3.58. The Morgan fingerprint density at radius 1 is 0.923 bits per heavy atom. The number of hydrogen-bond acceptors (Lipinski definition) is 5. The summed E-state index contributed by atoms with van der Waals surface area (Å²) in [7, 11) is 0. The molecule has 5 heteroatoms. The van der Waals surface area contributed by atoms with E-state index in [-0.39, 0.29) is 0 Å². The van der Waals surface area contributed by atoms with Crippen molar-refractivity contribution in [2.24, 2.45) is 0 Å². The molecule has 0 saturated heterocycles. The van der Waals surface area contributed by atoms with Crippen LogP contribution in [0.3, 0.4) is 0 Å². The van der Waals surface area contributed by atoms with Gasteiger partial charge in [-0.1, -0.05) is 6.92 Å². The van der Waals surface area contributed by atoms with Gasteiger partial charge >= 0.3 is 0 Å². The second kappa shape index (κ2) is 8.23. The van der Waals surface area contributed by atoms with E-state index in [2.05, 4.69) is 0 Å². The second-order valence-electron chi connectivity index (χ2n) is 5.76. The third-order valence-corrected chi connectivity index (χ3v) is 4.94. The molecule has 3 rings (SSSR count). The van der Waals surface area contributed by atoms with Gasteiger partial charge < -0.3 is 14.6 Å². The zero-order chi connectivity index (χ0) is 18.5. The molecule has 0 aliphatic heterocycles. The lowest BCUT2D eigenvalue weighted by atomic mass is 10.1. The number of rotatable bonds is 7. The van der Waals surface area contributed by atoms with E-state index in [1.54, 1.807) is 17.4 Å². The predicted octanol–water partition coefficient (Wildman–Crippen LogP) is 5.54. The fraction of sp³-hybridized carbons (Fsp3) is 0.286. The Balaban J connectivity index is 1.93. The molecular weight excluding hydrogens is 346 g/mol. The quantitative estimate of drug-likeness (QED) is 0.594. The van der Waals surface area contributed by atoms with Crippen molar-refractivity contribution in [2.75, 3.05) is 13.2 Å². The van der Waals surface area contributed by atoms with Crippen LogP contribution in [0.15, 0.2) is 41.8 Å². The lowest BCUT2D eigenvalue weighted by molar-refractivity contribution is 0.288. The lowest BCUT2D eigenvalue weighted by Crippen LogP contribution is -1.98. The normalized spacial score (nSPS) is 10.7. The molecule has 0 unspecified atom stereocenters. The molecule has 0 bridgehead atoms. The lowest BCUT2D eigenvalue weighted by Gasteiger charge is -2.11. The molecule has 0 aliphatic rings. The van der Waals surface area contributed by atoms with Gasteiger partial charge in [-0.15, -0.1) is 11.3 Å². The van der Waals surface area contributed by atoms with Crippen LogP contribution in [0.5, 0.6) is 17.2 Å². The van der Waals surface area contributed by atoms with E-state index in [1.807, 2.05) is 56.5 Å². The van der Waals surface area contributed by atoms with Crippen molar-refractivity contribution < 1.29 is 14.6 Å². The number of aryl methyl sites for hydroxylation is 1. The maximum absolute atomic E-state index is 9.87. The first-order valence-corrected chi connectivity index (χ1v) is 9.72. The molecule has 0 spiro atoms. The van der Waals surface area contributed by atoms with Crippen LogP contribution in [-0.2, 0) is 6.42 Å². The van der Waals surface area contributed by atoms with Crippen molar-refractivity contribution in [3.8, 4) is 39.1 Å². The summed E-state index contributed by atoms with van der Waals surface area (Å²) in [5, 5.41) is 12.8. The summed E-state index contributed by atoms with van der Waals surface area (Å²) in [4.78, 5) is 4.77. The summed E-state index contributed by atoms with van der Waals surface area (Å²) in [6.45, 7) is 7.13. The zero-order valence-electron chi connectivity index (χ0n) is 15.3. The van der Waals surface area contributed by atoms with Gasteiger partial charge in [0.05, 0.1) is 18.9 Å². The molecule has 4 nitrogen and oxygen atoms in total. The minimum atomic E-state index is 0.333. The molecule has 0 radical (unpaired) electrons. The van der Waals surface area contributed by atoms with Gasteiger partial charge in [0.25, 0.3) is 0 Å². The number of nitrogens with zero attached hydrogens (tertiary/aromatic N) is 1. The maximum atomic E-state index is 9.87. The van der Waals surface area contributed by atoms with Crippen LogP contribution in [0, 0.1) is 0 Å². The zero-order valence-corrected chi connectivity index (χ0v) is 16.1. The molecule has 0 amide bonds. The smallest absolute Gasteiger partial charge is 0.161 e. The number of thiazole rings is 1. The molecule has 0 saturated carbocycles. The molecule has 3 aromatic rings. The van der Waals surface area contributed by atoms with Crippen LogP contribution < -0.4 is 9.47 Å². The van der Waals surface area contributed by atoms with E-state index < -0.39 is 0 Å². The van der Waals surface area contributed by atoms with Gasteiger partial charge in [0.1, 0.15) is 10.8 Å². The monoisotopic (exact) mass is 369 g/mol. The van der Waals surface area contributed by atoms with Gasteiger partial charge in [-0.3, -0.25) is 0 Å². The number of aromatic nitrogens is 1. The summed E-state index contributed by atoms with van der Waals surface area (Å²) in [6, 6.07) is 11.5. The van der Waals surface area contributed by atoms with Gasteiger partial charge in [-0.2, -0.15) is 0 Å². The standard InChI is InChI=1S/C21H23NO3S/c1-4-14-11-15(7-9-18(14)23)17-13-26-21(22-17)16-8-10-19(24-5-2)20(12-16)25-6-3/h7-13,23H,4-6H2,1-3H3. The molecule has 1 heterocycles. The average Bonchev–Trinajstić information content (AvgIpc) is 3.14. The minimum absolute atomic E-state index is 0.333. The van der Waals surface area contributed by atoms with E-state index in [9.17, 15) is 5.11 Å². The summed E-state index contributed by atoms with van der Waals surface area (Å²) in [5.74, 6) is 1.82. The SMILES string of the molecule is CCOc1ccc(-c2nc(-c3ccc(O)c(CC)c3)cs2)cc1OCC. The van der Waals surface area contributed by atoms with Crippen LogP contribution in [-0.4, -0.2) is 23.3 Å². The van der Waals surface area contributed by atoms with E-state index >= 15 is 0 Å². The average molecular weight is 369 g/mol. The molecule has 136 valence electrons. The predicted molar refractivity (Wildman–Crippen MR) is 106 cm³/mol. The highest BCUT2D eigenvalue weighted by Crippen LogP contribution is 2.36. The van der Waals surface area contributed by atoms with Gasteiger partial charge in [-0.05, 0) is 62.2 Å². The summed E-state index contributed by atoms with van der Waals surface area (Å²) in [5.41, 5.74) is 3.85. The largest absolute Gasteiger partial charge is 0.508 e. The molecule has 2 aromatic carbocycles. The molecule has 1 N–H and O–H groups in total. The van der Waals surface area contributed by atoms with Crippen molar-refractivity contribution in [3.05, 3.63) is 47.3 Å². The highest BCUT2D eigenvalue weighted by Gasteiger charge is 2.12. The molecule has 0 fully saturated rings. The second-order valence-corrected chi connectivity index (χ2v) is 6.62. The topological polar surface area (TPSA) is 51.6 Å². The van der Waals surface area contributed by atoms with E-state index in [4.69, 9.17) is 14.5 Å². The molecule has 1 aromatic heterocycles. The first-order valence-electron chi connectivity index (χ1n) is 8.84. The van der Waals surface area contributed by atoms with Crippen LogP contribution in [0.25, 0.3) is 21.8 Å². The third kappa shape index (κ3) is 3.83. The highest BCUT2D eigenvalue weighted by atomic mass is 32.1. The molecule has 0 aliphatic carbocycles. The van der Waals surface area contributed by atoms with Crippen LogP contribution in [0.4, 0.5) is 0 Å². The fourth-order valence-electron chi connectivity index (χ4n) is 2.75. The first-order chi connectivity index (χ1) is 12.7. The number of phenols is 1. The molecular formula is C21H23NO3S. The highest BCUT2D eigenvalue weighted by molar-refractivity contribution is 7.13. The van der Waals surface area contributed by atoms with Crippen LogP contribution in [0.2, 0.25) is 0 Å². The van der Waals surface area contributed by atoms with E-state index in [0.29, 0.717) is 19.0 Å². The van der Waals surface area contributed by atoms with Crippen molar-refractivity contribution in [2.45, 2.75) is 27.2 Å². The van der Waals surface area contributed by atoms with Crippen molar-refractivity contribution in [3.63, 3.8) is 0 Å². The van der Waals surface area contributed by atoms with E-state index in [0.717, 1.165) is 45.3 Å². The third-order valence-electron chi connectivity index (χ3n) is 4.05. The van der Waals surface area contributed by atoms with Gasteiger partial charge in [-0.25, -0.2) is 4.98 Å². The Hall–Kier alpha value is -2.53. The number of benzene rings is 2. The van der Waals surface area contributed by atoms with Crippen LogP contribution in [0.1, 0.15) is 26.3 Å². The number of hydrogen-bond donors (Lipinski definition) is 1. The van der Waals surface area contributed by atoms with Gasteiger partial charge in [0, 0.05) is 16.5 Å². The molecule has 26 heavy (non-hydrogen) atoms. The Morgan fingerprint density at radius 3 is 2.38 bits per heavy atom. The van der Waals surface area contributed by atoms with Crippen molar-refractivity contribution >= 4 is 11.3 Å². The summed E-state index contributed by atoms with van der Waals surface area (Å²) >= 11 is 1.59. The Morgan fingerprint density at radius 2 is 1.65 bits per heavy atom. The Kier molecular flexibility index (Phi) is 5.78. The van der Waals surface area contributed by atoms with E-state index in [1.165, 1.54) is 0 Å². The molecule has 0 atom stereocenters.